The molecule has 2 rings (SSSR count). The van der Waals surface area contributed by atoms with Gasteiger partial charge in [-0.3, -0.25) is 0 Å². The van der Waals surface area contributed by atoms with Crippen molar-refractivity contribution >= 4 is 0 Å². The van der Waals surface area contributed by atoms with Gasteiger partial charge >= 0.3 is 6.18 Å². The van der Waals surface area contributed by atoms with E-state index in [9.17, 15) is 17.6 Å². The van der Waals surface area contributed by atoms with Gasteiger partial charge in [-0.05, 0) is 50.3 Å². The lowest BCUT2D eigenvalue weighted by molar-refractivity contribution is -0.134. The van der Waals surface area contributed by atoms with E-state index in [0.717, 1.165) is 29.5 Å². The van der Waals surface area contributed by atoms with Gasteiger partial charge < -0.3 is 0 Å². The van der Waals surface area contributed by atoms with Crippen molar-refractivity contribution < 1.29 is 17.6 Å². The molecule has 1 aromatic rings. The summed E-state index contributed by atoms with van der Waals surface area (Å²) in [5.41, 5.74) is 2.84. The molecule has 1 saturated carbocycles. The van der Waals surface area contributed by atoms with E-state index in [2.05, 4.69) is 6.58 Å². The highest BCUT2D eigenvalue weighted by atomic mass is 19.4. The Bertz CT molecular complexity index is 497. The predicted octanol–water partition coefficient (Wildman–Crippen LogP) is 7.12. The summed E-state index contributed by atoms with van der Waals surface area (Å²) in [6.07, 6.45) is -2.34. The molecular formula is C19H28F4. The number of hydrogen-bond acceptors (Lipinski definition) is 0. The monoisotopic (exact) mass is 332 g/mol. The van der Waals surface area contributed by atoms with Crippen molar-refractivity contribution in [3.05, 3.63) is 47.3 Å². The first-order chi connectivity index (χ1) is 10.6. The second-order valence-electron chi connectivity index (χ2n) is 5.71. The summed E-state index contributed by atoms with van der Waals surface area (Å²) in [6.45, 7) is 13.4. The summed E-state index contributed by atoms with van der Waals surface area (Å²) in [4.78, 5) is 0. The third-order valence-corrected chi connectivity index (χ3v) is 3.74. The van der Waals surface area contributed by atoms with Crippen molar-refractivity contribution in [2.24, 2.45) is 0 Å². The van der Waals surface area contributed by atoms with Crippen LogP contribution in [-0.4, -0.2) is 6.18 Å². The molecule has 0 N–H and O–H groups in total. The number of alkyl halides is 3. The summed E-state index contributed by atoms with van der Waals surface area (Å²) in [6, 6.07) is 5.49. The Morgan fingerprint density at radius 2 is 1.74 bits per heavy atom. The van der Waals surface area contributed by atoms with Crippen molar-refractivity contribution in [3.63, 3.8) is 0 Å². The largest absolute Gasteiger partial charge is 0.389 e. The number of halogens is 4. The van der Waals surface area contributed by atoms with E-state index in [4.69, 9.17) is 0 Å². The third-order valence-electron chi connectivity index (χ3n) is 3.74. The van der Waals surface area contributed by atoms with Gasteiger partial charge in [-0.1, -0.05) is 45.1 Å². The summed E-state index contributed by atoms with van der Waals surface area (Å²) in [5, 5.41) is 0. The topological polar surface area (TPSA) is 0 Å². The minimum atomic E-state index is -3.95. The number of allylic oxidation sites excluding steroid dienone is 1. The summed E-state index contributed by atoms with van der Waals surface area (Å²) >= 11 is 0. The van der Waals surface area contributed by atoms with Crippen LogP contribution in [0.5, 0.6) is 0 Å². The molecule has 23 heavy (non-hydrogen) atoms. The fraction of sp³-hybridized carbons (Fsp3) is 0.579. The highest BCUT2D eigenvalue weighted by Gasteiger charge is 2.46. The van der Waals surface area contributed by atoms with Gasteiger partial charge in [0.15, 0.2) is 0 Å². The zero-order valence-electron chi connectivity index (χ0n) is 14.8. The normalized spacial score (nSPS) is 14.8. The number of hydrogen-bond donors (Lipinski definition) is 0. The average molecular weight is 332 g/mol. The molecule has 1 fully saturated rings. The van der Waals surface area contributed by atoms with Crippen LogP contribution in [-0.2, 0) is 5.41 Å². The molecule has 0 radical (unpaired) electrons. The Labute approximate surface area is 137 Å². The molecule has 0 aromatic heterocycles. The van der Waals surface area contributed by atoms with E-state index in [1.54, 1.807) is 6.07 Å². The molecule has 0 spiro atoms. The van der Waals surface area contributed by atoms with Crippen molar-refractivity contribution in [3.8, 4) is 0 Å². The lowest BCUT2D eigenvalue weighted by Crippen LogP contribution is -2.09. The number of rotatable bonds is 3. The van der Waals surface area contributed by atoms with Crippen molar-refractivity contribution in [2.75, 3.05) is 0 Å². The molecule has 0 atom stereocenters. The fourth-order valence-corrected chi connectivity index (χ4v) is 2.34. The van der Waals surface area contributed by atoms with E-state index in [0.29, 0.717) is 0 Å². The lowest BCUT2D eigenvalue weighted by atomic mass is 9.89. The molecule has 0 saturated heterocycles. The molecule has 4 heteroatoms. The van der Waals surface area contributed by atoms with Gasteiger partial charge in [-0.25, -0.2) is 4.39 Å². The van der Waals surface area contributed by atoms with Gasteiger partial charge in [0, 0.05) is 11.8 Å². The second kappa shape index (κ2) is 9.09. The minimum Gasteiger partial charge on any atom is -0.207 e. The van der Waals surface area contributed by atoms with Crippen LogP contribution in [0, 0.1) is 12.7 Å². The van der Waals surface area contributed by atoms with Crippen LogP contribution in [0.4, 0.5) is 17.6 Å². The van der Waals surface area contributed by atoms with Crippen LogP contribution < -0.4 is 0 Å². The molecule has 0 bridgehead atoms. The quantitative estimate of drug-likeness (QED) is 0.408. The maximum atomic E-state index is 13.7. The first-order valence-electron chi connectivity index (χ1n) is 8.12. The minimum absolute atomic E-state index is 0.0439. The van der Waals surface area contributed by atoms with E-state index in [1.807, 2.05) is 39.8 Å². The Morgan fingerprint density at radius 1 is 1.22 bits per heavy atom. The Kier molecular flexibility index (Phi) is 8.57. The van der Waals surface area contributed by atoms with Gasteiger partial charge in [-0.15, -0.1) is 0 Å². The Balaban J connectivity index is 0.000000460. The molecular weight excluding hydrogens is 304 g/mol. The smallest absolute Gasteiger partial charge is 0.207 e. The van der Waals surface area contributed by atoms with E-state index < -0.39 is 12.6 Å². The molecule has 0 unspecified atom stereocenters. The molecule has 0 heterocycles. The van der Waals surface area contributed by atoms with Crippen LogP contribution in [0.25, 0.3) is 0 Å². The zero-order chi connectivity index (χ0) is 18.3. The lowest BCUT2D eigenvalue weighted by Gasteiger charge is -2.16. The third kappa shape index (κ3) is 6.76. The van der Waals surface area contributed by atoms with Crippen LogP contribution >= 0.6 is 0 Å². The van der Waals surface area contributed by atoms with E-state index >= 15 is 0 Å². The summed E-state index contributed by atoms with van der Waals surface area (Å²) in [5.74, 6) is -0.0782. The number of aryl methyl sites for hydroxylation is 1. The zero-order valence-corrected chi connectivity index (χ0v) is 14.8. The summed E-state index contributed by atoms with van der Waals surface area (Å²) < 4.78 is 46.9. The first-order valence-corrected chi connectivity index (χ1v) is 8.12. The Hall–Kier alpha value is -1.32. The first kappa shape index (κ1) is 21.7. The van der Waals surface area contributed by atoms with Gasteiger partial charge in [0.1, 0.15) is 5.82 Å². The average Bonchev–Trinajstić information content (AvgIpc) is 3.22. The van der Waals surface area contributed by atoms with Gasteiger partial charge in [0.2, 0.25) is 0 Å². The highest BCUT2D eigenvalue weighted by molar-refractivity contribution is 5.42. The van der Waals surface area contributed by atoms with Crippen LogP contribution in [0.2, 0.25) is 0 Å². The maximum Gasteiger partial charge on any atom is 0.389 e. The van der Waals surface area contributed by atoms with Crippen LogP contribution in [0.1, 0.15) is 64.5 Å². The molecule has 1 aromatic carbocycles. The summed E-state index contributed by atoms with van der Waals surface area (Å²) in [7, 11) is 0. The van der Waals surface area contributed by atoms with E-state index in [1.165, 1.54) is 6.92 Å². The molecule has 132 valence electrons. The second-order valence-corrected chi connectivity index (χ2v) is 5.71. The van der Waals surface area contributed by atoms with Gasteiger partial charge in [0.25, 0.3) is 0 Å². The van der Waals surface area contributed by atoms with Crippen LogP contribution in [0.3, 0.4) is 0 Å². The van der Waals surface area contributed by atoms with Crippen molar-refractivity contribution in [2.45, 2.75) is 71.9 Å². The predicted molar refractivity (Wildman–Crippen MR) is 89.2 cm³/mol. The standard InChI is InChI=1S/C13H15F.C4H7F3.C2H6/c1-9(2)13(6-7-13)11-5-4-10(3)8-12(11)14;1-2-3-4(5,6)7;1-2/h4-5,8H,1,6-7H2,2-3H3;2-3H2,1H3;1-2H3. The highest BCUT2D eigenvalue weighted by Crippen LogP contribution is 2.53. The van der Waals surface area contributed by atoms with Gasteiger partial charge in [0.05, 0.1) is 0 Å². The molecule has 0 amide bonds. The SMILES string of the molecule is C=C(C)C1(c2ccc(C)cc2F)CC1.CC.CCCC(F)(F)F. The molecule has 0 nitrogen and oxygen atoms in total. The van der Waals surface area contributed by atoms with Crippen molar-refractivity contribution in [1.29, 1.82) is 0 Å². The molecule has 1 aliphatic rings. The maximum absolute atomic E-state index is 13.7. The molecule has 1 aliphatic carbocycles. The Morgan fingerprint density at radius 3 is 2.00 bits per heavy atom. The van der Waals surface area contributed by atoms with Crippen LogP contribution in [0.15, 0.2) is 30.4 Å². The molecule has 0 aliphatic heterocycles. The van der Waals surface area contributed by atoms with Gasteiger partial charge in [-0.2, -0.15) is 13.2 Å². The van der Waals surface area contributed by atoms with Crippen molar-refractivity contribution in [1.82, 2.24) is 0 Å². The van der Waals surface area contributed by atoms with E-state index in [-0.39, 0.29) is 17.7 Å². The fourth-order valence-electron chi connectivity index (χ4n) is 2.34. The number of benzene rings is 1.